The van der Waals surface area contributed by atoms with Gasteiger partial charge in [-0.3, -0.25) is 0 Å². The van der Waals surface area contributed by atoms with Crippen LogP contribution in [0.4, 0.5) is 4.79 Å². The maximum atomic E-state index is 12.4. The molecule has 1 aliphatic rings. The minimum absolute atomic E-state index is 0.317. The molecule has 0 saturated heterocycles. The van der Waals surface area contributed by atoms with Crippen molar-refractivity contribution >= 4 is 12.0 Å². The minimum atomic E-state index is -0.564. The molecule has 1 aromatic rings. The molecule has 142 valence electrons. The Kier molecular flexibility index (Phi) is 7.06. The third kappa shape index (κ3) is 5.00. The summed E-state index contributed by atoms with van der Waals surface area (Å²) >= 11 is 0. The highest BCUT2D eigenvalue weighted by atomic mass is 16.5. The number of hydrogen-bond donors (Lipinski definition) is 2. The standard InChI is InChI=1S/C20H28N2O4/c1-5-6-10-16-17(19(23)25-4)18(22-20(24)21-16)14-8-7-9-15(11-14)26-12-13(2)3/h7-9,11,13,18H,5-6,10,12H2,1-4H3,(H2,21,22,24). The lowest BCUT2D eigenvalue weighted by molar-refractivity contribution is -0.136. The number of allylic oxidation sites excluding steroid dienone is 1. The number of unbranched alkanes of at least 4 members (excludes halogenated alkanes) is 1. The number of amides is 2. The van der Waals surface area contributed by atoms with Gasteiger partial charge in [-0.05, 0) is 36.5 Å². The van der Waals surface area contributed by atoms with Crippen LogP contribution < -0.4 is 15.4 Å². The van der Waals surface area contributed by atoms with Gasteiger partial charge in [0.25, 0.3) is 0 Å². The molecule has 6 nitrogen and oxygen atoms in total. The predicted molar refractivity (Wildman–Crippen MR) is 99.8 cm³/mol. The SMILES string of the molecule is CCCCC1=C(C(=O)OC)C(c2cccc(OCC(C)C)c2)NC(=O)N1. The Balaban J connectivity index is 2.39. The van der Waals surface area contributed by atoms with Crippen LogP contribution in [-0.4, -0.2) is 25.7 Å². The average molecular weight is 360 g/mol. The summed E-state index contributed by atoms with van der Waals surface area (Å²) < 4.78 is 10.8. The van der Waals surface area contributed by atoms with Gasteiger partial charge in [0, 0.05) is 5.70 Å². The van der Waals surface area contributed by atoms with Crippen molar-refractivity contribution in [3.8, 4) is 5.75 Å². The smallest absolute Gasteiger partial charge is 0.337 e. The highest BCUT2D eigenvalue weighted by Gasteiger charge is 2.33. The van der Waals surface area contributed by atoms with Gasteiger partial charge in [0.15, 0.2) is 0 Å². The minimum Gasteiger partial charge on any atom is -0.493 e. The third-order valence-corrected chi connectivity index (χ3v) is 4.11. The van der Waals surface area contributed by atoms with E-state index in [-0.39, 0.29) is 6.03 Å². The number of benzene rings is 1. The average Bonchev–Trinajstić information content (AvgIpc) is 2.63. The van der Waals surface area contributed by atoms with Crippen molar-refractivity contribution in [2.45, 2.75) is 46.1 Å². The first-order chi connectivity index (χ1) is 12.5. The van der Waals surface area contributed by atoms with E-state index >= 15 is 0 Å². The van der Waals surface area contributed by atoms with E-state index in [1.165, 1.54) is 7.11 Å². The van der Waals surface area contributed by atoms with Crippen LogP contribution in [0.3, 0.4) is 0 Å². The molecule has 0 radical (unpaired) electrons. The maximum absolute atomic E-state index is 12.4. The maximum Gasteiger partial charge on any atom is 0.337 e. The Morgan fingerprint density at radius 2 is 2.08 bits per heavy atom. The lowest BCUT2D eigenvalue weighted by Gasteiger charge is -2.29. The summed E-state index contributed by atoms with van der Waals surface area (Å²) in [7, 11) is 1.35. The number of nitrogens with one attached hydrogen (secondary N) is 2. The molecule has 0 saturated carbocycles. The molecule has 6 heteroatoms. The topological polar surface area (TPSA) is 76.7 Å². The van der Waals surface area contributed by atoms with Crippen molar-refractivity contribution < 1.29 is 19.1 Å². The molecule has 1 unspecified atom stereocenters. The lowest BCUT2D eigenvalue weighted by Crippen LogP contribution is -2.45. The van der Waals surface area contributed by atoms with Gasteiger partial charge >= 0.3 is 12.0 Å². The van der Waals surface area contributed by atoms with Gasteiger partial charge in [-0.2, -0.15) is 0 Å². The van der Waals surface area contributed by atoms with E-state index in [9.17, 15) is 9.59 Å². The largest absolute Gasteiger partial charge is 0.493 e. The molecule has 1 atom stereocenters. The zero-order valence-electron chi connectivity index (χ0n) is 15.9. The van der Waals surface area contributed by atoms with E-state index in [1.54, 1.807) is 0 Å². The van der Waals surface area contributed by atoms with Gasteiger partial charge in [0.05, 0.1) is 25.3 Å². The molecule has 2 rings (SSSR count). The summed E-state index contributed by atoms with van der Waals surface area (Å²) in [6.07, 6.45) is 2.46. The second-order valence-corrected chi connectivity index (χ2v) is 6.80. The van der Waals surface area contributed by atoms with Crippen LogP contribution in [0.25, 0.3) is 0 Å². The van der Waals surface area contributed by atoms with Crippen LogP contribution in [0.1, 0.15) is 51.6 Å². The van der Waals surface area contributed by atoms with Crippen LogP contribution >= 0.6 is 0 Å². The first-order valence-electron chi connectivity index (χ1n) is 9.07. The first kappa shape index (κ1) is 19.8. The zero-order chi connectivity index (χ0) is 19.1. The summed E-state index contributed by atoms with van der Waals surface area (Å²) in [6, 6.07) is 6.58. The van der Waals surface area contributed by atoms with Crippen LogP contribution in [0, 0.1) is 5.92 Å². The Morgan fingerprint density at radius 3 is 2.73 bits per heavy atom. The summed E-state index contributed by atoms with van der Waals surface area (Å²) in [5.41, 5.74) is 1.86. The van der Waals surface area contributed by atoms with E-state index in [2.05, 4.69) is 31.4 Å². The molecular formula is C20H28N2O4. The van der Waals surface area contributed by atoms with Gasteiger partial charge in [-0.1, -0.05) is 39.3 Å². The Labute approximate surface area is 154 Å². The predicted octanol–water partition coefficient (Wildman–Crippen LogP) is 3.69. The zero-order valence-corrected chi connectivity index (χ0v) is 15.9. The van der Waals surface area contributed by atoms with E-state index < -0.39 is 12.0 Å². The Morgan fingerprint density at radius 1 is 1.31 bits per heavy atom. The van der Waals surface area contributed by atoms with Gasteiger partial charge in [-0.25, -0.2) is 9.59 Å². The highest BCUT2D eigenvalue weighted by molar-refractivity contribution is 5.95. The molecular weight excluding hydrogens is 332 g/mol. The summed E-state index contributed by atoms with van der Waals surface area (Å²) in [6.45, 7) is 6.82. The van der Waals surface area contributed by atoms with E-state index in [1.807, 2.05) is 24.3 Å². The van der Waals surface area contributed by atoms with Crippen LogP contribution in [0.15, 0.2) is 35.5 Å². The van der Waals surface area contributed by atoms with E-state index in [0.717, 1.165) is 18.4 Å². The summed E-state index contributed by atoms with van der Waals surface area (Å²) in [5.74, 6) is 0.675. The van der Waals surface area contributed by atoms with E-state index in [4.69, 9.17) is 9.47 Å². The van der Waals surface area contributed by atoms with Crippen molar-refractivity contribution in [1.82, 2.24) is 10.6 Å². The molecule has 1 heterocycles. The Hall–Kier alpha value is -2.50. The highest BCUT2D eigenvalue weighted by Crippen LogP contribution is 2.31. The molecule has 0 aliphatic carbocycles. The second-order valence-electron chi connectivity index (χ2n) is 6.80. The fourth-order valence-corrected chi connectivity index (χ4v) is 2.82. The monoisotopic (exact) mass is 360 g/mol. The summed E-state index contributed by atoms with van der Waals surface area (Å²) in [5, 5.41) is 5.60. The lowest BCUT2D eigenvalue weighted by atomic mass is 9.93. The number of urea groups is 1. The van der Waals surface area contributed by atoms with Crippen molar-refractivity contribution in [2.24, 2.45) is 5.92 Å². The quantitative estimate of drug-likeness (QED) is 0.693. The van der Waals surface area contributed by atoms with E-state index in [0.29, 0.717) is 36.0 Å². The number of carbonyl (C=O) groups is 2. The molecule has 1 aliphatic heterocycles. The van der Waals surface area contributed by atoms with Gasteiger partial charge in [0.1, 0.15) is 5.75 Å². The normalized spacial score (nSPS) is 17.0. The molecule has 0 spiro atoms. The number of ether oxygens (including phenoxy) is 2. The van der Waals surface area contributed by atoms with Crippen molar-refractivity contribution in [3.63, 3.8) is 0 Å². The number of carbonyl (C=O) groups excluding carboxylic acids is 2. The molecule has 0 bridgehead atoms. The fraction of sp³-hybridized carbons (Fsp3) is 0.500. The van der Waals surface area contributed by atoms with Crippen LogP contribution in [0.5, 0.6) is 5.75 Å². The second kappa shape index (κ2) is 9.27. The number of hydrogen-bond acceptors (Lipinski definition) is 4. The molecule has 1 aromatic carbocycles. The number of rotatable bonds is 8. The Bertz CT molecular complexity index is 682. The van der Waals surface area contributed by atoms with Crippen LogP contribution in [-0.2, 0) is 9.53 Å². The van der Waals surface area contributed by atoms with Gasteiger partial charge in [0.2, 0.25) is 0 Å². The fourth-order valence-electron chi connectivity index (χ4n) is 2.82. The number of esters is 1. The summed E-state index contributed by atoms with van der Waals surface area (Å²) in [4.78, 5) is 24.6. The first-order valence-corrected chi connectivity index (χ1v) is 9.07. The molecule has 2 N–H and O–H groups in total. The molecule has 0 fully saturated rings. The van der Waals surface area contributed by atoms with Crippen molar-refractivity contribution in [3.05, 3.63) is 41.1 Å². The van der Waals surface area contributed by atoms with Crippen LogP contribution in [0.2, 0.25) is 0 Å². The number of methoxy groups -OCH3 is 1. The molecule has 2 amide bonds. The molecule has 26 heavy (non-hydrogen) atoms. The van der Waals surface area contributed by atoms with Crippen molar-refractivity contribution in [1.29, 1.82) is 0 Å². The van der Waals surface area contributed by atoms with Crippen molar-refractivity contribution in [2.75, 3.05) is 13.7 Å². The van der Waals surface area contributed by atoms with Gasteiger partial charge in [-0.15, -0.1) is 0 Å². The third-order valence-electron chi connectivity index (χ3n) is 4.11. The molecule has 0 aromatic heterocycles. The van der Waals surface area contributed by atoms with Gasteiger partial charge < -0.3 is 20.1 Å².